The smallest absolute Gasteiger partial charge is 0.168 e. The summed E-state index contributed by atoms with van der Waals surface area (Å²) in [6.07, 6.45) is 3.26. The molecule has 5 heteroatoms. The Morgan fingerprint density at radius 3 is 2.65 bits per heavy atom. The average Bonchev–Trinajstić information content (AvgIpc) is 2.19. The molecule has 0 radical (unpaired) electrons. The van der Waals surface area contributed by atoms with Crippen LogP contribution in [0.3, 0.4) is 0 Å². The minimum atomic E-state index is -0.643. The lowest BCUT2D eigenvalue weighted by atomic mass is 9.92. The molecule has 0 amide bonds. The van der Waals surface area contributed by atoms with Gasteiger partial charge in [-0.1, -0.05) is 0 Å². The van der Waals surface area contributed by atoms with Crippen LogP contribution in [0, 0.1) is 11.6 Å². The second-order valence-electron chi connectivity index (χ2n) is 4.35. The maximum Gasteiger partial charge on any atom is 0.168 e. The third-order valence-electron chi connectivity index (χ3n) is 3.21. The van der Waals surface area contributed by atoms with Crippen molar-refractivity contribution in [3.8, 4) is 0 Å². The Labute approximate surface area is 99.8 Å². The molecule has 0 atom stereocenters. The molecule has 0 spiro atoms. The van der Waals surface area contributed by atoms with E-state index in [0.717, 1.165) is 25.3 Å². The summed E-state index contributed by atoms with van der Waals surface area (Å²) < 4.78 is 27.1. The van der Waals surface area contributed by atoms with Crippen LogP contribution in [-0.2, 0) is 0 Å². The van der Waals surface area contributed by atoms with Crippen LogP contribution in [0.5, 0.6) is 0 Å². The van der Waals surface area contributed by atoms with E-state index in [1.54, 1.807) is 4.90 Å². The number of hydrogen-bond donors (Lipinski definition) is 1. The quantitative estimate of drug-likeness (QED) is 0.878. The summed E-state index contributed by atoms with van der Waals surface area (Å²) in [6.45, 7) is 2.40. The molecule has 1 fully saturated rings. The van der Waals surface area contributed by atoms with Crippen molar-refractivity contribution in [2.45, 2.75) is 32.2 Å². The molecule has 0 aromatic carbocycles. The molecule has 1 N–H and O–H groups in total. The summed E-state index contributed by atoms with van der Waals surface area (Å²) in [5, 5.41) is 2.79. The Morgan fingerprint density at radius 1 is 1.41 bits per heavy atom. The molecule has 3 nitrogen and oxygen atoms in total. The molecular formula is C12H17F2N3. The molecule has 0 saturated heterocycles. The summed E-state index contributed by atoms with van der Waals surface area (Å²) in [7, 11) is 1.81. The van der Waals surface area contributed by atoms with E-state index >= 15 is 0 Å². The average molecular weight is 241 g/mol. The molecule has 0 aliphatic heterocycles. The lowest BCUT2D eigenvalue weighted by Gasteiger charge is -2.35. The Kier molecular flexibility index (Phi) is 3.45. The summed E-state index contributed by atoms with van der Waals surface area (Å²) in [5.74, 6) is -0.893. The zero-order valence-electron chi connectivity index (χ0n) is 10.1. The maximum absolute atomic E-state index is 13.7. The first-order valence-electron chi connectivity index (χ1n) is 5.96. The van der Waals surface area contributed by atoms with Gasteiger partial charge in [-0.2, -0.15) is 0 Å². The minimum Gasteiger partial charge on any atom is -0.368 e. The van der Waals surface area contributed by atoms with Crippen LogP contribution < -0.4 is 10.2 Å². The Balaban J connectivity index is 2.28. The van der Waals surface area contributed by atoms with Gasteiger partial charge in [0.1, 0.15) is 0 Å². The zero-order chi connectivity index (χ0) is 12.4. The van der Waals surface area contributed by atoms with E-state index in [1.807, 2.05) is 14.0 Å². The number of anilines is 2. The standard InChI is InChI=1S/C12H17F2N3/c1-3-15-11-9(13)7-10(14)12(16-11)17(2)8-5-4-6-8/h7-8H,3-6H2,1-2H3,(H,15,16). The number of aromatic nitrogens is 1. The topological polar surface area (TPSA) is 28.2 Å². The second-order valence-corrected chi connectivity index (χ2v) is 4.35. The van der Waals surface area contributed by atoms with Crippen molar-refractivity contribution in [3.05, 3.63) is 17.7 Å². The van der Waals surface area contributed by atoms with Crippen molar-refractivity contribution < 1.29 is 8.78 Å². The van der Waals surface area contributed by atoms with Gasteiger partial charge in [-0.15, -0.1) is 0 Å². The molecule has 1 aromatic rings. The van der Waals surface area contributed by atoms with Gasteiger partial charge in [0.15, 0.2) is 23.3 Å². The van der Waals surface area contributed by atoms with E-state index in [1.165, 1.54) is 0 Å². The summed E-state index contributed by atoms with van der Waals surface area (Å²) >= 11 is 0. The van der Waals surface area contributed by atoms with E-state index in [4.69, 9.17) is 0 Å². The van der Waals surface area contributed by atoms with Gasteiger partial charge in [0.25, 0.3) is 0 Å². The molecule has 1 aromatic heterocycles. The van der Waals surface area contributed by atoms with Crippen molar-refractivity contribution in [2.24, 2.45) is 0 Å². The molecule has 1 aliphatic rings. The van der Waals surface area contributed by atoms with Crippen molar-refractivity contribution in [2.75, 3.05) is 23.8 Å². The number of rotatable bonds is 4. The van der Waals surface area contributed by atoms with E-state index in [0.29, 0.717) is 12.6 Å². The summed E-state index contributed by atoms with van der Waals surface area (Å²) in [4.78, 5) is 5.83. The van der Waals surface area contributed by atoms with Gasteiger partial charge in [-0.25, -0.2) is 13.8 Å². The highest BCUT2D eigenvalue weighted by Gasteiger charge is 2.26. The third kappa shape index (κ3) is 2.33. The SMILES string of the molecule is CCNc1nc(N(C)C2CCC2)c(F)cc1F. The van der Waals surface area contributed by atoms with Gasteiger partial charge in [0.05, 0.1) is 0 Å². The fourth-order valence-corrected chi connectivity index (χ4v) is 1.94. The first kappa shape index (κ1) is 12.1. The number of nitrogens with zero attached hydrogens (tertiary/aromatic N) is 2. The van der Waals surface area contributed by atoms with Crippen LogP contribution in [-0.4, -0.2) is 24.6 Å². The second kappa shape index (κ2) is 4.85. The molecule has 94 valence electrons. The van der Waals surface area contributed by atoms with Gasteiger partial charge >= 0.3 is 0 Å². The van der Waals surface area contributed by atoms with E-state index in [2.05, 4.69) is 10.3 Å². The van der Waals surface area contributed by atoms with E-state index < -0.39 is 11.6 Å². The van der Waals surface area contributed by atoms with Gasteiger partial charge < -0.3 is 10.2 Å². The first-order valence-corrected chi connectivity index (χ1v) is 5.96. The number of pyridine rings is 1. The predicted molar refractivity (Wildman–Crippen MR) is 64.4 cm³/mol. The van der Waals surface area contributed by atoms with Crippen LogP contribution in [0.2, 0.25) is 0 Å². The van der Waals surface area contributed by atoms with Crippen LogP contribution >= 0.6 is 0 Å². The molecule has 2 rings (SSSR count). The summed E-state index contributed by atoms with van der Waals surface area (Å²) in [6, 6.07) is 1.23. The van der Waals surface area contributed by atoms with Gasteiger partial charge in [0, 0.05) is 25.7 Å². The highest BCUT2D eigenvalue weighted by Crippen LogP contribution is 2.30. The van der Waals surface area contributed by atoms with Crippen LogP contribution in [0.25, 0.3) is 0 Å². The van der Waals surface area contributed by atoms with Gasteiger partial charge in [-0.3, -0.25) is 0 Å². The van der Waals surface area contributed by atoms with Gasteiger partial charge in [-0.05, 0) is 26.2 Å². The van der Waals surface area contributed by atoms with Crippen molar-refractivity contribution in [3.63, 3.8) is 0 Å². The fraction of sp³-hybridized carbons (Fsp3) is 0.583. The molecule has 0 bridgehead atoms. The lowest BCUT2D eigenvalue weighted by Crippen LogP contribution is -2.38. The van der Waals surface area contributed by atoms with E-state index in [9.17, 15) is 8.78 Å². The van der Waals surface area contributed by atoms with Crippen molar-refractivity contribution in [1.82, 2.24) is 4.98 Å². The van der Waals surface area contributed by atoms with Crippen LogP contribution in [0.15, 0.2) is 6.07 Å². The Hall–Kier alpha value is -1.39. The zero-order valence-corrected chi connectivity index (χ0v) is 10.1. The minimum absolute atomic E-state index is 0.120. The molecular weight excluding hydrogens is 224 g/mol. The Bertz CT molecular complexity index is 405. The number of halogens is 2. The van der Waals surface area contributed by atoms with Crippen LogP contribution in [0.4, 0.5) is 20.4 Å². The third-order valence-corrected chi connectivity index (χ3v) is 3.21. The molecule has 17 heavy (non-hydrogen) atoms. The van der Waals surface area contributed by atoms with E-state index in [-0.39, 0.29) is 11.6 Å². The molecule has 1 heterocycles. The molecule has 1 aliphatic carbocycles. The highest BCUT2D eigenvalue weighted by molar-refractivity contribution is 5.49. The molecule has 0 unspecified atom stereocenters. The van der Waals surface area contributed by atoms with Crippen molar-refractivity contribution in [1.29, 1.82) is 0 Å². The number of hydrogen-bond acceptors (Lipinski definition) is 3. The fourth-order valence-electron chi connectivity index (χ4n) is 1.94. The van der Waals surface area contributed by atoms with Crippen molar-refractivity contribution >= 4 is 11.6 Å². The number of nitrogens with one attached hydrogen (secondary N) is 1. The normalized spacial score (nSPS) is 15.5. The largest absolute Gasteiger partial charge is 0.368 e. The van der Waals surface area contributed by atoms with Crippen LogP contribution in [0.1, 0.15) is 26.2 Å². The first-order chi connectivity index (χ1) is 8.13. The molecule has 1 saturated carbocycles. The highest BCUT2D eigenvalue weighted by atomic mass is 19.1. The predicted octanol–water partition coefficient (Wildman–Crippen LogP) is 2.78. The monoisotopic (exact) mass is 241 g/mol. The van der Waals surface area contributed by atoms with Gasteiger partial charge in [0.2, 0.25) is 0 Å². The summed E-state index contributed by atoms with van der Waals surface area (Å²) in [5.41, 5.74) is 0. The maximum atomic E-state index is 13.7. The lowest BCUT2D eigenvalue weighted by molar-refractivity contribution is 0.395. The Morgan fingerprint density at radius 2 is 2.12 bits per heavy atom.